The second-order valence-corrected chi connectivity index (χ2v) is 8.03. The molecule has 1 atom stereocenters. The Hall–Kier alpha value is -2.31. The van der Waals surface area contributed by atoms with Gasteiger partial charge in [-0.1, -0.05) is 29.8 Å². The number of carbonyl (C=O) groups excluding carboxylic acids is 1. The van der Waals surface area contributed by atoms with Gasteiger partial charge in [0.2, 0.25) is 0 Å². The van der Waals surface area contributed by atoms with Crippen molar-refractivity contribution in [2.45, 2.75) is 46.2 Å². The normalized spacial score (nSPS) is 16.4. The number of esters is 1. The number of hydrogen-bond acceptors (Lipinski definition) is 5. The molecule has 1 unspecified atom stereocenters. The van der Waals surface area contributed by atoms with E-state index in [0.717, 1.165) is 5.56 Å². The topological polar surface area (TPSA) is 71.8 Å². The number of likely N-dealkylation sites (tertiary alicyclic amines) is 1. The number of benzene rings is 1. The van der Waals surface area contributed by atoms with E-state index in [1.807, 2.05) is 32.0 Å². The van der Waals surface area contributed by atoms with Gasteiger partial charge in [0.15, 0.2) is 0 Å². The van der Waals surface area contributed by atoms with Crippen molar-refractivity contribution in [3.8, 4) is 5.75 Å². The number of pyridine rings is 1. The summed E-state index contributed by atoms with van der Waals surface area (Å²) in [5, 5.41) is 11.3. The van der Waals surface area contributed by atoms with E-state index in [0.29, 0.717) is 55.4 Å². The molecule has 1 saturated heterocycles. The van der Waals surface area contributed by atoms with E-state index in [-0.39, 0.29) is 23.2 Å². The maximum Gasteiger partial charge on any atom is 0.309 e. The molecule has 7 heteroatoms. The van der Waals surface area contributed by atoms with Crippen LogP contribution >= 0.6 is 11.6 Å². The van der Waals surface area contributed by atoms with Gasteiger partial charge in [0.1, 0.15) is 5.75 Å². The van der Waals surface area contributed by atoms with E-state index in [1.54, 1.807) is 23.6 Å². The van der Waals surface area contributed by atoms with Crippen molar-refractivity contribution in [1.29, 1.82) is 0 Å². The summed E-state index contributed by atoms with van der Waals surface area (Å²) in [5.41, 5.74) is 1.59. The van der Waals surface area contributed by atoms with Gasteiger partial charge in [0.25, 0.3) is 5.56 Å². The van der Waals surface area contributed by atoms with Crippen LogP contribution in [-0.2, 0) is 16.1 Å². The van der Waals surface area contributed by atoms with Crippen LogP contribution in [0.4, 0.5) is 0 Å². The fourth-order valence-corrected chi connectivity index (χ4v) is 4.54. The maximum atomic E-state index is 13.3. The molecular formula is C23H29ClN2O4. The first-order valence-corrected chi connectivity index (χ1v) is 10.8. The van der Waals surface area contributed by atoms with Gasteiger partial charge in [-0.05, 0) is 64.4 Å². The highest BCUT2D eigenvalue weighted by molar-refractivity contribution is 6.31. The number of aromatic nitrogens is 1. The zero-order valence-electron chi connectivity index (χ0n) is 17.7. The van der Waals surface area contributed by atoms with Crippen LogP contribution in [0.25, 0.3) is 0 Å². The largest absolute Gasteiger partial charge is 0.507 e. The van der Waals surface area contributed by atoms with Crippen molar-refractivity contribution in [3.63, 3.8) is 0 Å². The molecule has 162 valence electrons. The lowest BCUT2D eigenvalue weighted by Gasteiger charge is -2.37. The zero-order valence-corrected chi connectivity index (χ0v) is 18.5. The number of rotatable bonds is 6. The lowest BCUT2D eigenvalue weighted by molar-refractivity contribution is -0.149. The lowest BCUT2D eigenvalue weighted by atomic mass is 9.91. The summed E-state index contributed by atoms with van der Waals surface area (Å²) in [6.07, 6.45) is 1.27. The molecule has 2 heterocycles. The highest BCUT2D eigenvalue weighted by Gasteiger charge is 2.34. The molecule has 1 fully saturated rings. The number of ether oxygens (including phenoxy) is 1. The van der Waals surface area contributed by atoms with E-state index in [2.05, 4.69) is 4.90 Å². The Morgan fingerprint density at radius 1 is 1.27 bits per heavy atom. The zero-order chi connectivity index (χ0) is 21.8. The highest BCUT2D eigenvalue weighted by atomic mass is 35.5. The van der Waals surface area contributed by atoms with Gasteiger partial charge in [-0.3, -0.25) is 14.5 Å². The molecule has 30 heavy (non-hydrogen) atoms. The highest BCUT2D eigenvalue weighted by Crippen LogP contribution is 2.38. The van der Waals surface area contributed by atoms with E-state index in [1.165, 1.54) is 0 Å². The number of hydrogen-bond donors (Lipinski definition) is 1. The Morgan fingerprint density at radius 2 is 1.93 bits per heavy atom. The van der Waals surface area contributed by atoms with Crippen molar-refractivity contribution in [1.82, 2.24) is 9.47 Å². The molecule has 1 aromatic carbocycles. The lowest BCUT2D eigenvalue weighted by Crippen LogP contribution is -2.42. The SMILES string of the molecule is CCOC(=O)C1CCN(C(c2ccccc2Cl)c2c(O)cc(C)n(CC)c2=O)CC1. The van der Waals surface area contributed by atoms with E-state index >= 15 is 0 Å². The molecule has 0 radical (unpaired) electrons. The number of piperidine rings is 1. The van der Waals surface area contributed by atoms with Gasteiger partial charge >= 0.3 is 5.97 Å². The van der Waals surface area contributed by atoms with Crippen LogP contribution in [0.2, 0.25) is 5.02 Å². The van der Waals surface area contributed by atoms with Crippen LogP contribution < -0.4 is 5.56 Å². The molecule has 3 rings (SSSR count). The molecule has 0 bridgehead atoms. The summed E-state index contributed by atoms with van der Waals surface area (Å²) in [6.45, 7) is 7.59. The van der Waals surface area contributed by atoms with Crippen LogP contribution in [0, 0.1) is 12.8 Å². The molecule has 1 aliphatic rings. The molecule has 0 spiro atoms. The minimum absolute atomic E-state index is 0.0281. The Labute approximate surface area is 182 Å². The summed E-state index contributed by atoms with van der Waals surface area (Å²) < 4.78 is 6.83. The molecule has 1 aromatic heterocycles. The van der Waals surface area contributed by atoms with Gasteiger partial charge in [-0.2, -0.15) is 0 Å². The second kappa shape index (κ2) is 9.67. The number of nitrogens with zero attached hydrogens (tertiary/aromatic N) is 2. The minimum Gasteiger partial charge on any atom is -0.507 e. The van der Waals surface area contributed by atoms with Crippen molar-refractivity contribution in [3.05, 3.63) is 62.5 Å². The summed E-state index contributed by atoms with van der Waals surface area (Å²) in [6, 6.07) is 8.54. The fraction of sp³-hybridized carbons (Fsp3) is 0.478. The first-order valence-electron chi connectivity index (χ1n) is 10.5. The maximum absolute atomic E-state index is 13.3. The standard InChI is InChI=1S/C23H29ClN2O4/c1-4-26-15(3)14-19(27)20(22(26)28)21(17-8-6-7-9-18(17)24)25-12-10-16(11-13-25)23(29)30-5-2/h6-9,14,16,21,27H,4-5,10-13H2,1-3H3. The van der Waals surface area contributed by atoms with E-state index in [9.17, 15) is 14.7 Å². The third kappa shape index (κ3) is 4.40. The summed E-state index contributed by atoms with van der Waals surface area (Å²) >= 11 is 6.53. The molecule has 0 aliphatic carbocycles. The van der Waals surface area contributed by atoms with Crippen LogP contribution in [0.5, 0.6) is 5.75 Å². The van der Waals surface area contributed by atoms with Gasteiger partial charge < -0.3 is 14.4 Å². The smallest absolute Gasteiger partial charge is 0.309 e. The van der Waals surface area contributed by atoms with Crippen molar-refractivity contribution in [2.24, 2.45) is 5.92 Å². The van der Waals surface area contributed by atoms with Crippen LogP contribution in [0.15, 0.2) is 35.1 Å². The third-order valence-corrected chi connectivity index (χ3v) is 6.17. The summed E-state index contributed by atoms with van der Waals surface area (Å²) in [7, 11) is 0. The van der Waals surface area contributed by atoms with Gasteiger partial charge in [0, 0.05) is 17.3 Å². The monoisotopic (exact) mass is 432 g/mol. The average molecular weight is 433 g/mol. The molecular weight excluding hydrogens is 404 g/mol. The number of carbonyl (C=O) groups is 1. The molecule has 0 saturated carbocycles. The van der Waals surface area contributed by atoms with Crippen molar-refractivity contribution < 1.29 is 14.6 Å². The van der Waals surface area contributed by atoms with E-state index in [4.69, 9.17) is 16.3 Å². The summed E-state index contributed by atoms with van der Waals surface area (Å²) in [4.78, 5) is 27.6. The van der Waals surface area contributed by atoms with Gasteiger partial charge in [0.05, 0.1) is 24.1 Å². The van der Waals surface area contributed by atoms with Crippen molar-refractivity contribution >= 4 is 17.6 Å². The predicted molar refractivity (Wildman–Crippen MR) is 117 cm³/mol. The Kier molecular flexibility index (Phi) is 7.21. The van der Waals surface area contributed by atoms with Crippen molar-refractivity contribution in [2.75, 3.05) is 19.7 Å². The first-order chi connectivity index (χ1) is 14.4. The average Bonchev–Trinajstić information content (AvgIpc) is 2.72. The van der Waals surface area contributed by atoms with E-state index < -0.39 is 6.04 Å². The minimum atomic E-state index is -0.493. The van der Waals surface area contributed by atoms with Crippen LogP contribution in [0.3, 0.4) is 0 Å². The predicted octanol–water partition coefficient (Wildman–Crippen LogP) is 3.90. The molecule has 0 amide bonds. The number of halogens is 1. The quantitative estimate of drug-likeness (QED) is 0.701. The Bertz CT molecular complexity index is 964. The van der Waals surface area contributed by atoms with Crippen LogP contribution in [0.1, 0.15) is 49.6 Å². The first kappa shape index (κ1) is 22.4. The molecule has 6 nitrogen and oxygen atoms in total. The van der Waals surface area contributed by atoms with Gasteiger partial charge in [-0.15, -0.1) is 0 Å². The van der Waals surface area contributed by atoms with Gasteiger partial charge in [-0.25, -0.2) is 0 Å². The second-order valence-electron chi connectivity index (χ2n) is 7.62. The molecule has 1 aliphatic heterocycles. The number of aryl methyl sites for hydroxylation is 1. The molecule has 2 aromatic rings. The Morgan fingerprint density at radius 3 is 2.53 bits per heavy atom. The third-order valence-electron chi connectivity index (χ3n) is 5.83. The molecule has 1 N–H and O–H groups in total. The Balaban J connectivity index is 2.04. The number of aromatic hydroxyl groups is 1. The van der Waals surface area contributed by atoms with Crippen LogP contribution in [-0.4, -0.2) is 40.2 Å². The summed E-state index contributed by atoms with van der Waals surface area (Å²) in [5.74, 6) is -0.343. The fourth-order valence-electron chi connectivity index (χ4n) is 4.30.